The van der Waals surface area contributed by atoms with Crippen molar-refractivity contribution >= 4 is 10.9 Å². The average molecular weight is 447 g/mol. The number of rotatable bonds is 7. The van der Waals surface area contributed by atoms with Crippen LogP contribution in [0.5, 0.6) is 0 Å². The fourth-order valence-corrected chi connectivity index (χ4v) is 5.02. The first-order valence-electron chi connectivity index (χ1n) is 11.7. The molecule has 0 radical (unpaired) electrons. The van der Waals surface area contributed by atoms with E-state index in [9.17, 15) is 4.79 Å². The van der Waals surface area contributed by atoms with Crippen molar-refractivity contribution in [1.29, 1.82) is 0 Å². The smallest absolute Gasteiger partial charge is 0.252 e. The average Bonchev–Trinajstić information content (AvgIpc) is 3.48. The summed E-state index contributed by atoms with van der Waals surface area (Å²) in [6.45, 7) is 5.77. The minimum atomic E-state index is -0.0227. The quantitative estimate of drug-likeness (QED) is 0.459. The summed E-state index contributed by atoms with van der Waals surface area (Å²) in [7, 11) is 0. The molecule has 0 atom stereocenters. The van der Waals surface area contributed by atoms with Gasteiger partial charge >= 0.3 is 0 Å². The van der Waals surface area contributed by atoms with Crippen molar-refractivity contribution in [1.82, 2.24) is 30.1 Å². The Bertz CT molecular complexity index is 1280. The number of nitrogens with one attached hydrogen (secondary N) is 1. The lowest BCUT2D eigenvalue weighted by Gasteiger charge is -2.33. The van der Waals surface area contributed by atoms with Gasteiger partial charge in [0.1, 0.15) is 12.3 Å². The van der Waals surface area contributed by atoms with Gasteiger partial charge in [-0.25, -0.2) is 4.68 Å². The molecule has 1 saturated carbocycles. The number of aromatic amines is 1. The van der Waals surface area contributed by atoms with Crippen molar-refractivity contribution in [3.05, 3.63) is 75.2 Å². The van der Waals surface area contributed by atoms with E-state index in [1.54, 1.807) is 10.9 Å². The minimum absolute atomic E-state index is 0.0227. The standard InChI is InChI=1S/C25H30N6O2/c1-17-11-18(2)24-19(12-17)13-20(25(32)26-24)14-30(21-7-4-3-5-8-21)16-23-27-28-29-31(23)15-22-9-6-10-33-22/h6,9-13,21H,3-5,7-8,14-16H2,1-2H3,(H,26,32). The molecule has 0 unspecified atom stereocenters. The zero-order valence-corrected chi connectivity index (χ0v) is 19.3. The van der Waals surface area contributed by atoms with E-state index in [1.165, 1.54) is 24.8 Å². The third kappa shape index (κ3) is 4.75. The van der Waals surface area contributed by atoms with Crippen LogP contribution in [-0.2, 0) is 19.6 Å². The molecule has 8 nitrogen and oxygen atoms in total. The van der Waals surface area contributed by atoms with Crippen molar-refractivity contribution in [2.24, 2.45) is 0 Å². The summed E-state index contributed by atoms with van der Waals surface area (Å²) in [5.74, 6) is 1.59. The van der Waals surface area contributed by atoms with E-state index in [4.69, 9.17) is 4.42 Å². The lowest BCUT2D eigenvalue weighted by Crippen LogP contribution is -2.38. The largest absolute Gasteiger partial charge is 0.467 e. The molecule has 0 bridgehead atoms. The molecule has 0 amide bonds. The second-order valence-corrected chi connectivity index (χ2v) is 9.20. The molecular formula is C25H30N6O2. The Balaban J connectivity index is 1.45. The summed E-state index contributed by atoms with van der Waals surface area (Å²) in [6.07, 6.45) is 7.61. The van der Waals surface area contributed by atoms with Crippen LogP contribution in [0.3, 0.4) is 0 Å². The molecular weight excluding hydrogens is 416 g/mol. The third-order valence-corrected chi connectivity index (χ3v) is 6.67. The van der Waals surface area contributed by atoms with Crippen LogP contribution in [0.2, 0.25) is 0 Å². The lowest BCUT2D eigenvalue weighted by atomic mass is 9.93. The Morgan fingerprint density at radius 1 is 1.15 bits per heavy atom. The van der Waals surface area contributed by atoms with E-state index in [1.807, 2.05) is 19.1 Å². The number of aromatic nitrogens is 5. The number of hydrogen-bond acceptors (Lipinski definition) is 6. The molecule has 0 saturated heterocycles. The maximum atomic E-state index is 13.0. The molecule has 1 aliphatic rings. The molecule has 1 aromatic carbocycles. The Labute approximate surface area is 192 Å². The number of benzene rings is 1. The number of tetrazole rings is 1. The summed E-state index contributed by atoms with van der Waals surface area (Å²) in [6, 6.07) is 10.5. The Morgan fingerprint density at radius 3 is 2.79 bits per heavy atom. The fraction of sp³-hybridized carbons (Fsp3) is 0.440. The molecule has 1 fully saturated rings. The Morgan fingerprint density at radius 2 is 2.00 bits per heavy atom. The SMILES string of the molecule is Cc1cc(C)c2[nH]c(=O)c(CN(Cc3nnnn3Cc3ccco3)C3CCCCC3)cc2c1. The van der Waals surface area contributed by atoms with Gasteiger partial charge in [-0.3, -0.25) is 9.69 Å². The molecule has 4 aromatic rings. The number of H-pyrrole nitrogens is 1. The van der Waals surface area contributed by atoms with Gasteiger partial charge in [0.25, 0.3) is 5.56 Å². The highest BCUT2D eigenvalue weighted by Crippen LogP contribution is 2.26. The van der Waals surface area contributed by atoms with Gasteiger partial charge in [-0.2, -0.15) is 0 Å². The van der Waals surface area contributed by atoms with Crippen molar-refractivity contribution in [2.45, 2.75) is 71.6 Å². The second-order valence-electron chi connectivity index (χ2n) is 9.20. The van der Waals surface area contributed by atoms with Gasteiger partial charge in [-0.05, 0) is 72.3 Å². The highest BCUT2D eigenvalue weighted by molar-refractivity contribution is 5.82. The van der Waals surface area contributed by atoms with Gasteiger partial charge in [-0.15, -0.1) is 5.10 Å². The molecule has 0 spiro atoms. The van der Waals surface area contributed by atoms with Crippen molar-refractivity contribution in [2.75, 3.05) is 0 Å². The number of fused-ring (bicyclic) bond motifs is 1. The first kappa shape index (κ1) is 21.6. The number of nitrogens with zero attached hydrogens (tertiary/aromatic N) is 5. The number of pyridine rings is 1. The summed E-state index contributed by atoms with van der Waals surface area (Å²) < 4.78 is 7.26. The van der Waals surface area contributed by atoms with Crippen molar-refractivity contribution in [3.8, 4) is 0 Å². The van der Waals surface area contributed by atoms with E-state index in [-0.39, 0.29) is 5.56 Å². The molecule has 1 N–H and O–H groups in total. The van der Waals surface area contributed by atoms with Gasteiger partial charge in [0.2, 0.25) is 0 Å². The topological polar surface area (TPSA) is 92.8 Å². The van der Waals surface area contributed by atoms with Gasteiger partial charge in [0.05, 0.1) is 18.3 Å². The van der Waals surface area contributed by atoms with Crippen LogP contribution in [0.25, 0.3) is 10.9 Å². The van der Waals surface area contributed by atoms with E-state index < -0.39 is 0 Å². The number of hydrogen-bond donors (Lipinski definition) is 1. The Hall–Kier alpha value is -3.26. The van der Waals surface area contributed by atoms with Gasteiger partial charge in [-0.1, -0.05) is 30.9 Å². The van der Waals surface area contributed by atoms with E-state index in [0.29, 0.717) is 25.7 Å². The predicted molar refractivity (Wildman–Crippen MR) is 126 cm³/mol. The van der Waals surface area contributed by atoms with Crippen LogP contribution in [0, 0.1) is 13.8 Å². The van der Waals surface area contributed by atoms with E-state index >= 15 is 0 Å². The summed E-state index contributed by atoms with van der Waals surface area (Å²) in [5, 5.41) is 13.5. The van der Waals surface area contributed by atoms with Gasteiger partial charge in [0.15, 0.2) is 5.82 Å². The first-order chi connectivity index (χ1) is 16.1. The summed E-state index contributed by atoms with van der Waals surface area (Å²) in [5.41, 5.74) is 3.96. The summed E-state index contributed by atoms with van der Waals surface area (Å²) >= 11 is 0. The molecule has 5 rings (SSSR count). The fourth-order valence-electron chi connectivity index (χ4n) is 5.02. The summed E-state index contributed by atoms with van der Waals surface area (Å²) in [4.78, 5) is 18.5. The maximum absolute atomic E-state index is 13.0. The van der Waals surface area contributed by atoms with Crippen LogP contribution in [-0.4, -0.2) is 36.1 Å². The number of furan rings is 1. The molecule has 8 heteroatoms. The van der Waals surface area contributed by atoms with E-state index in [2.05, 4.69) is 50.5 Å². The molecule has 1 aliphatic carbocycles. The highest BCUT2D eigenvalue weighted by atomic mass is 16.3. The Kier molecular flexibility index (Phi) is 6.09. The van der Waals surface area contributed by atoms with Crippen molar-refractivity contribution < 1.29 is 4.42 Å². The second kappa shape index (κ2) is 9.31. The van der Waals surface area contributed by atoms with Crippen molar-refractivity contribution in [3.63, 3.8) is 0 Å². The lowest BCUT2D eigenvalue weighted by molar-refractivity contribution is 0.133. The zero-order chi connectivity index (χ0) is 22.8. The predicted octanol–water partition coefficient (Wildman–Crippen LogP) is 4.11. The van der Waals surface area contributed by atoms with Crippen LogP contribution < -0.4 is 5.56 Å². The monoisotopic (exact) mass is 446 g/mol. The minimum Gasteiger partial charge on any atom is -0.467 e. The van der Waals surface area contributed by atoms with Crippen LogP contribution in [0.4, 0.5) is 0 Å². The third-order valence-electron chi connectivity index (χ3n) is 6.67. The maximum Gasteiger partial charge on any atom is 0.252 e. The normalized spacial score (nSPS) is 15.0. The zero-order valence-electron chi connectivity index (χ0n) is 19.3. The van der Waals surface area contributed by atoms with E-state index in [0.717, 1.165) is 46.5 Å². The molecule has 33 heavy (non-hydrogen) atoms. The van der Waals surface area contributed by atoms with Crippen LogP contribution in [0.1, 0.15) is 60.4 Å². The highest BCUT2D eigenvalue weighted by Gasteiger charge is 2.25. The van der Waals surface area contributed by atoms with Gasteiger partial charge in [0, 0.05) is 18.2 Å². The molecule has 0 aliphatic heterocycles. The van der Waals surface area contributed by atoms with Crippen LogP contribution in [0.15, 0.2) is 45.8 Å². The van der Waals surface area contributed by atoms with Crippen LogP contribution >= 0.6 is 0 Å². The first-order valence-corrected chi connectivity index (χ1v) is 11.7. The molecule has 3 heterocycles. The number of aryl methyl sites for hydroxylation is 2. The molecule has 3 aromatic heterocycles. The molecule has 172 valence electrons. The van der Waals surface area contributed by atoms with Gasteiger partial charge < -0.3 is 9.40 Å².